The Morgan fingerprint density at radius 3 is 2.31 bits per heavy atom. The molecule has 0 bridgehead atoms. The Balaban J connectivity index is 1.42. The monoisotopic (exact) mass is 577 g/mol. The molecule has 1 saturated heterocycles. The highest BCUT2D eigenvalue weighted by molar-refractivity contribution is 8.00. The van der Waals surface area contributed by atoms with Gasteiger partial charge < -0.3 is 10.4 Å². The molecule has 3 aromatic carbocycles. The molecule has 0 saturated carbocycles. The number of thioether (sulfide) groups is 1. The number of para-hydroxylation sites is 1. The summed E-state index contributed by atoms with van der Waals surface area (Å²) in [6, 6.07) is 21.8. The summed E-state index contributed by atoms with van der Waals surface area (Å²) in [5, 5.41) is 12.8. The first kappa shape index (κ1) is 25.4. The van der Waals surface area contributed by atoms with E-state index in [0.717, 1.165) is 23.1 Å². The minimum atomic E-state index is -0.808. The van der Waals surface area contributed by atoms with Crippen LogP contribution in [0.15, 0.2) is 88.7 Å². The van der Waals surface area contributed by atoms with E-state index in [9.17, 15) is 24.3 Å². The summed E-state index contributed by atoms with van der Waals surface area (Å²) < 4.78 is 1.37. The number of aromatic hydroxyl groups is 1. The van der Waals surface area contributed by atoms with E-state index in [0.29, 0.717) is 31.9 Å². The molecule has 3 amide bonds. The molecule has 1 aromatic heterocycles. The van der Waals surface area contributed by atoms with Crippen molar-refractivity contribution in [2.24, 2.45) is 5.92 Å². The standard InChI is InChI=1S/C28H20ClN3O5S2/c29-16-8-10-18(11-9-16)32-25(35)22-21(15-6-12-19(33)13-7-15)24-27(38-23(22)26(32)36)31(28(37)39-24)14-20(34)30-17-4-2-1-3-5-17/h1-13,21-23,33H,14H2,(H,30,34). The van der Waals surface area contributed by atoms with Gasteiger partial charge in [-0.3, -0.25) is 23.7 Å². The van der Waals surface area contributed by atoms with Crippen molar-refractivity contribution in [2.45, 2.75) is 22.7 Å². The topological polar surface area (TPSA) is 109 Å². The zero-order valence-corrected chi connectivity index (χ0v) is 22.5. The molecule has 2 N–H and O–H groups in total. The minimum absolute atomic E-state index is 0.0562. The van der Waals surface area contributed by atoms with Crippen LogP contribution in [0.5, 0.6) is 5.75 Å². The van der Waals surface area contributed by atoms with Crippen LogP contribution in [0, 0.1) is 5.92 Å². The van der Waals surface area contributed by atoms with E-state index in [1.807, 2.05) is 6.07 Å². The molecule has 3 unspecified atom stereocenters. The van der Waals surface area contributed by atoms with Gasteiger partial charge in [-0.2, -0.15) is 0 Å². The van der Waals surface area contributed by atoms with Gasteiger partial charge in [0.1, 0.15) is 17.5 Å². The SMILES string of the molecule is O=C(Cn1c2c(sc1=O)C(c1ccc(O)cc1)C1C(=O)N(c3ccc(Cl)cc3)C(=O)C1S2)Nc1ccccc1. The molecule has 196 valence electrons. The number of hydrogen-bond acceptors (Lipinski definition) is 7. The second-order valence-corrected chi connectivity index (χ2v) is 11.7. The molecular weight excluding hydrogens is 558 g/mol. The molecular formula is C28H20ClN3O5S2. The number of benzene rings is 3. The largest absolute Gasteiger partial charge is 0.508 e. The number of imide groups is 1. The smallest absolute Gasteiger partial charge is 0.308 e. The first-order chi connectivity index (χ1) is 18.8. The zero-order valence-electron chi connectivity index (χ0n) is 20.1. The van der Waals surface area contributed by atoms with Gasteiger partial charge in [-0.05, 0) is 54.1 Å². The van der Waals surface area contributed by atoms with Gasteiger partial charge in [0, 0.05) is 21.5 Å². The number of phenolic OH excluding ortho intramolecular Hbond substituents is 1. The van der Waals surface area contributed by atoms with Crippen LogP contribution in [-0.2, 0) is 20.9 Å². The number of amides is 3. The third kappa shape index (κ3) is 4.54. The number of fused-ring (bicyclic) bond motifs is 2. The van der Waals surface area contributed by atoms with E-state index in [4.69, 9.17) is 11.6 Å². The molecule has 3 atom stereocenters. The van der Waals surface area contributed by atoms with Crippen LogP contribution in [0.25, 0.3) is 0 Å². The number of carbonyl (C=O) groups excluding carboxylic acids is 3. The summed E-state index contributed by atoms with van der Waals surface area (Å²) in [5.74, 6) is -2.50. The lowest BCUT2D eigenvalue weighted by Crippen LogP contribution is -2.33. The number of rotatable bonds is 5. The number of anilines is 2. The highest BCUT2D eigenvalue weighted by atomic mass is 35.5. The molecule has 0 spiro atoms. The Hall–Kier alpha value is -3.86. The van der Waals surface area contributed by atoms with Crippen LogP contribution >= 0.6 is 34.7 Å². The van der Waals surface area contributed by atoms with E-state index in [-0.39, 0.29) is 29.0 Å². The fraction of sp³-hybridized carbons (Fsp3) is 0.143. The Kier molecular flexibility index (Phi) is 6.54. The molecule has 2 aliphatic rings. The molecule has 3 heterocycles. The Morgan fingerprint density at radius 1 is 0.923 bits per heavy atom. The molecule has 0 aliphatic carbocycles. The first-order valence-corrected chi connectivity index (χ1v) is 14.1. The summed E-state index contributed by atoms with van der Waals surface area (Å²) >= 11 is 8.14. The van der Waals surface area contributed by atoms with Crippen molar-refractivity contribution in [3.8, 4) is 5.75 Å². The lowest BCUT2D eigenvalue weighted by Gasteiger charge is -2.30. The summed E-state index contributed by atoms with van der Waals surface area (Å²) in [7, 11) is 0. The number of phenols is 1. The fourth-order valence-corrected chi connectivity index (χ4v) is 7.91. The highest BCUT2D eigenvalue weighted by Crippen LogP contribution is 2.54. The maximum atomic E-state index is 13.8. The van der Waals surface area contributed by atoms with Crippen molar-refractivity contribution in [3.63, 3.8) is 0 Å². The number of carbonyl (C=O) groups is 3. The minimum Gasteiger partial charge on any atom is -0.508 e. The number of aromatic nitrogens is 1. The van der Waals surface area contributed by atoms with Gasteiger partial charge in [0.15, 0.2) is 0 Å². The third-order valence-corrected chi connectivity index (χ3v) is 9.60. The van der Waals surface area contributed by atoms with Crippen molar-refractivity contribution in [1.82, 2.24) is 4.57 Å². The van der Waals surface area contributed by atoms with Crippen LogP contribution in [0.3, 0.4) is 0 Å². The van der Waals surface area contributed by atoms with Crippen molar-refractivity contribution >= 4 is 63.8 Å². The normalized spacial score (nSPS) is 20.0. The maximum Gasteiger partial charge on any atom is 0.308 e. The van der Waals surface area contributed by atoms with Crippen LogP contribution < -0.4 is 15.1 Å². The quantitative estimate of drug-likeness (QED) is 0.333. The van der Waals surface area contributed by atoms with Gasteiger partial charge >= 0.3 is 4.87 Å². The van der Waals surface area contributed by atoms with E-state index in [1.165, 1.54) is 21.6 Å². The maximum absolute atomic E-state index is 13.8. The van der Waals surface area contributed by atoms with E-state index < -0.39 is 23.0 Å². The van der Waals surface area contributed by atoms with Crippen LogP contribution in [0.4, 0.5) is 11.4 Å². The van der Waals surface area contributed by atoms with E-state index >= 15 is 0 Å². The average molecular weight is 578 g/mol. The molecule has 11 heteroatoms. The number of halogens is 1. The zero-order chi connectivity index (χ0) is 27.3. The van der Waals surface area contributed by atoms with Gasteiger partial charge in [-0.25, -0.2) is 4.90 Å². The summed E-state index contributed by atoms with van der Waals surface area (Å²) in [6.07, 6.45) is 0. The van der Waals surface area contributed by atoms with Crippen molar-refractivity contribution in [3.05, 3.63) is 104 Å². The number of thiazole rings is 1. The Bertz CT molecular complexity index is 1650. The lowest BCUT2D eigenvalue weighted by atomic mass is 9.83. The predicted molar refractivity (Wildman–Crippen MR) is 151 cm³/mol. The molecule has 6 rings (SSSR count). The van der Waals surface area contributed by atoms with Crippen LogP contribution in [0.2, 0.25) is 5.02 Å². The Morgan fingerprint density at radius 2 is 1.62 bits per heavy atom. The molecule has 39 heavy (non-hydrogen) atoms. The molecule has 8 nitrogen and oxygen atoms in total. The molecule has 1 fully saturated rings. The number of nitrogens with zero attached hydrogens (tertiary/aromatic N) is 2. The second kappa shape index (κ2) is 10.0. The molecule has 2 aliphatic heterocycles. The molecule has 0 radical (unpaired) electrons. The Labute approximate surface area is 235 Å². The van der Waals surface area contributed by atoms with Gasteiger partial charge in [-0.1, -0.05) is 65.0 Å². The van der Waals surface area contributed by atoms with Crippen LogP contribution in [-0.4, -0.2) is 32.6 Å². The van der Waals surface area contributed by atoms with E-state index in [2.05, 4.69) is 5.32 Å². The van der Waals surface area contributed by atoms with Crippen LogP contribution in [0.1, 0.15) is 16.4 Å². The van der Waals surface area contributed by atoms with E-state index in [1.54, 1.807) is 60.7 Å². The van der Waals surface area contributed by atoms with Gasteiger partial charge in [0.05, 0.1) is 16.6 Å². The average Bonchev–Trinajstić information content (AvgIpc) is 3.36. The van der Waals surface area contributed by atoms with Gasteiger partial charge in [-0.15, -0.1) is 0 Å². The highest BCUT2D eigenvalue weighted by Gasteiger charge is 2.56. The molecule has 4 aromatic rings. The fourth-order valence-electron chi connectivity index (χ4n) is 5.01. The van der Waals surface area contributed by atoms with Crippen molar-refractivity contribution in [2.75, 3.05) is 10.2 Å². The summed E-state index contributed by atoms with van der Waals surface area (Å²) in [6.45, 7) is -0.241. The third-order valence-electron chi connectivity index (χ3n) is 6.75. The predicted octanol–water partition coefficient (Wildman–Crippen LogP) is 4.70. The van der Waals surface area contributed by atoms with Gasteiger partial charge in [0.25, 0.3) is 0 Å². The van der Waals surface area contributed by atoms with Gasteiger partial charge in [0.2, 0.25) is 17.7 Å². The van der Waals surface area contributed by atoms with Crippen molar-refractivity contribution < 1.29 is 19.5 Å². The lowest BCUT2D eigenvalue weighted by molar-refractivity contribution is -0.122. The number of nitrogens with one attached hydrogen (secondary N) is 1. The second-order valence-electron chi connectivity index (χ2n) is 9.16. The number of hydrogen-bond donors (Lipinski definition) is 2. The van der Waals surface area contributed by atoms with Crippen molar-refractivity contribution in [1.29, 1.82) is 0 Å². The summed E-state index contributed by atoms with van der Waals surface area (Å²) in [5.41, 5.74) is 1.70. The first-order valence-electron chi connectivity index (χ1n) is 12.0. The summed E-state index contributed by atoms with van der Waals surface area (Å²) in [4.78, 5) is 55.0.